The Balaban J connectivity index is 0.000000163. The molecule has 0 fully saturated rings. The van der Waals surface area contributed by atoms with E-state index in [1.54, 1.807) is 24.3 Å². The molecule has 0 radical (unpaired) electrons. The van der Waals surface area contributed by atoms with Gasteiger partial charge in [0.15, 0.2) is 30.7 Å². The molecule has 402 valence electrons. The first kappa shape index (κ1) is 57.9. The van der Waals surface area contributed by atoms with Gasteiger partial charge in [-0.25, -0.2) is 28.2 Å². The molecule has 10 rings (SSSR count). The number of phenolic OH excluding ortho intramolecular Hbond substituents is 1. The van der Waals surface area contributed by atoms with Gasteiger partial charge in [0.25, 0.3) is 26.1 Å². The van der Waals surface area contributed by atoms with Crippen LogP contribution < -0.4 is 8.37 Å². The number of carboxylic acid groups (broad SMARTS) is 1. The van der Waals surface area contributed by atoms with Gasteiger partial charge in [-0.15, -0.1) is 45.8 Å². The van der Waals surface area contributed by atoms with Gasteiger partial charge in [-0.3, -0.25) is 35.3 Å². The van der Waals surface area contributed by atoms with E-state index < -0.39 is 87.8 Å². The number of thiazole rings is 3. The number of aliphatic imine (C=N–C) groups is 1. The molecule has 6 aromatic carbocycles. The monoisotopic (exact) mass is 1220 g/mol. The molecule has 79 heavy (non-hydrogen) atoms. The number of nitro groups is 3. The summed E-state index contributed by atoms with van der Waals surface area (Å²) in [5.41, 5.74) is 0.192. The van der Waals surface area contributed by atoms with Gasteiger partial charge < -0.3 is 18.6 Å². The minimum absolute atomic E-state index is 0.0196. The summed E-state index contributed by atoms with van der Waals surface area (Å²) in [4.78, 5) is 56.2. The van der Waals surface area contributed by atoms with E-state index in [-0.39, 0.29) is 22.3 Å². The van der Waals surface area contributed by atoms with Crippen molar-refractivity contribution in [3.63, 3.8) is 0 Å². The molecule has 2 N–H and O–H groups in total. The van der Waals surface area contributed by atoms with Crippen LogP contribution in [-0.4, -0.2) is 88.0 Å². The quantitative estimate of drug-likeness (QED) is 0.0498. The summed E-state index contributed by atoms with van der Waals surface area (Å²) in [6.07, 6.45) is 0. The number of rotatable bonds is 12. The molecule has 1 aliphatic rings. The normalized spacial score (nSPS) is 12.9. The lowest BCUT2D eigenvalue weighted by Gasteiger charge is -2.07. The van der Waals surface area contributed by atoms with Crippen LogP contribution in [-0.2, 0) is 34.1 Å². The standard InChI is InChI=1S/C17H11N3O7S3.C14H7N3O5S2.C8H4N2OS.C6H4ClNO4S/c21-17(22)11-8-28-15(19-11)16-18-10-6-5-9(7-13(10)29-16)27-30(25,26)14-4-2-1-3-12(14)20(23)24;15-8-14-16-10-6-5-9(7-12(10)23-14)22-24(20,21)13-4-2-1-3-11(13)17(18)19;9-4-8-10-6-2-1-5(11)3-7(6)12-8;7-13(11,12)6-4-2-1-3-5(6)8(9)10/h1-7,11H,8H2,(H,21,22);1-7H;1-3,11H;1-4H/t11-;;;/m1.../s1. The number of thioether (sulfide) groups is 1. The summed E-state index contributed by atoms with van der Waals surface area (Å²) in [6.45, 7) is 0. The molecule has 0 aliphatic carbocycles. The van der Waals surface area contributed by atoms with Gasteiger partial charge in [-0.1, -0.05) is 36.4 Å². The number of hydrogen-bond acceptors (Lipinski definition) is 26. The lowest BCUT2D eigenvalue weighted by Crippen LogP contribution is -2.17. The van der Waals surface area contributed by atoms with Crippen molar-refractivity contribution in [1.29, 1.82) is 10.5 Å². The van der Waals surface area contributed by atoms with Gasteiger partial charge in [0.1, 0.15) is 39.4 Å². The molecule has 34 heteroatoms. The molecule has 0 saturated carbocycles. The lowest BCUT2D eigenvalue weighted by atomic mass is 10.3. The van der Waals surface area contributed by atoms with E-state index in [1.807, 2.05) is 12.1 Å². The number of hydrogen-bond donors (Lipinski definition) is 2. The van der Waals surface area contributed by atoms with Crippen LogP contribution in [0.15, 0.2) is 147 Å². The van der Waals surface area contributed by atoms with Gasteiger partial charge in [0, 0.05) is 46.8 Å². The molecule has 0 bridgehead atoms. The Bertz CT molecular complexity index is 4390. The van der Waals surface area contributed by atoms with Crippen LogP contribution >= 0.6 is 56.5 Å². The van der Waals surface area contributed by atoms with E-state index in [9.17, 15) is 60.4 Å². The number of halogens is 1. The molecule has 4 heterocycles. The second kappa shape index (κ2) is 24.3. The maximum absolute atomic E-state index is 12.6. The SMILES string of the molecule is N#Cc1nc2ccc(O)cc2s1.N#Cc1nc2ccc(OS(=O)(=O)c3ccccc3[N+](=O)[O-])cc2s1.O=C(O)[C@H]1CSC(c2nc3ccc(OS(=O)(=O)c4ccccc4[N+](=O)[O-])cc3s2)=N1.O=[N+]([O-])c1ccccc1S(=O)(=O)Cl. The maximum atomic E-state index is 12.6. The van der Waals surface area contributed by atoms with E-state index in [4.69, 9.17) is 39.8 Å². The zero-order valence-electron chi connectivity index (χ0n) is 38.7. The Labute approximate surface area is 463 Å². The highest BCUT2D eigenvalue weighted by Crippen LogP contribution is 2.35. The number of aromatic nitrogens is 3. The van der Waals surface area contributed by atoms with Crippen LogP contribution in [0.5, 0.6) is 17.2 Å². The Morgan fingerprint density at radius 2 is 1.01 bits per heavy atom. The molecule has 1 atom stereocenters. The molecule has 0 spiro atoms. The average molecular weight is 1220 g/mol. The third-order valence-corrected chi connectivity index (χ3v) is 17.8. The fraction of sp³-hybridized carbons (Fsp3) is 0.0444. The van der Waals surface area contributed by atoms with Crippen molar-refractivity contribution in [2.24, 2.45) is 4.99 Å². The minimum atomic E-state index is -4.43. The third kappa shape index (κ3) is 14.2. The number of nitrogens with zero attached hydrogens (tertiary/aromatic N) is 9. The lowest BCUT2D eigenvalue weighted by molar-refractivity contribution is -0.388. The van der Waals surface area contributed by atoms with Crippen molar-refractivity contribution in [2.45, 2.75) is 20.7 Å². The largest absolute Gasteiger partial charge is 0.508 e. The maximum Gasteiger partial charge on any atom is 0.346 e. The van der Waals surface area contributed by atoms with Gasteiger partial charge in [0.2, 0.25) is 0 Å². The number of nitro benzene ring substituents is 3. The van der Waals surface area contributed by atoms with Gasteiger partial charge >= 0.3 is 26.2 Å². The molecule has 0 unspecified atom stereocenters. The van der Waals surface area contributed by atoms with Crippen LogP contribution in [0.25, 0.3) is 30.6 Å². The molecule has 0 amide bonds. The highest BCUT2D eigenvalue weighted by molar-refractivity contribution is 8.15. The van der Waals surface area contributed by atoms with Crippen molar-refractivity contribution < 1.29 is 63.4 Å². The zero-order chi connectivity index (χ0) is 57.4. The molecule has 26 nitrogen and oxygen atoms in total. The van der Waals surface area contributed by atoms with E-state index in [2.05, 4.69) is 19.9 Å². The molecular formula is C45H26ClN9O17S7. The number of nitriles is 2. The zero-order valence-corrected chi connectivity index (χ0v) is 45.2. The van der Waals surface area contributed by atoms with Crippen LogP contribution in [0, 0.1) is 53.0 Å². The number of para-hydroxylation sites is 3. The van der Waals surface area contributed by atoms with E-state index in [1.165, 1.54) is 101 Å². The second-order valence-corrected chi connectivity index (χ2v) is 24.6. The third-order valence-electron chi connectivity index (χ3n) is 9.80. The average Bonchev–Trinajstić information content (AvgIpc) is 4.33. The fourth-order valence-corrected chi connectivity index (χ4v) is 13.3. The summed E-state index contributed by atoms with van der Waals surface area (Å²) in [5, 5.41) is 69.7. The summed E-state index contributed by atoms with van der Waals surface area (Å²) in [7, 11) is -7.89. The van der Waals surface area contributed by atoms with Crippen LogP contribution in [0.3, 0.4) is 0 Å². The van der Waals surface area contributed by atoms with Crippen molar-refractivity contribution in [3.05, 3.63) is 173 Å². The van der Waals surface area contributed by atoms with Crippen LogP contribution in [0.1, 0.15) is 15.0 Å². The minimum Gasteiger partial charge on any atom is -0.508 e. The van der Waals surface area contributed by atoms with E-state index in [0.717, 1.165) is 58.0 Å². The molecule has 9 aromatic rings. The highest BCUT2D eigenvalue weighted by Gasteiger charge is 2.30. The van der Waals surface area contributed by atoms with Gasteiger partial charge in [0.05, 0.1) is 45.4 Å². The smallest absolute Gasteiger partial charge is 0.346 e. The number of aliphatic carboxylic acids is 1. The first-order chi connectivity index (χ1) is 37.4. The first-order valence-electron chi connectivity index (χ1n) is 21.1. The Morgan fingerprint density at radius 1 is 0.608 bits per heavy atom. The van der Waals surface area contributed by atoms with Gasteiger partial charge in [-0.2, -0.15) is 27.4 Å². The Morgan fingerprint density at radius 3 is 1.43 bits per heavy atom. The fourth-order valence-electron chi connectivity index (χ4n) is 6.43. The van der Waals surface area contributed by atoms with Crippen molar-refractivity contribution in [3.8, 4) is 29.4 Å². The summed E-state index contributed by atoms with van der Waals surface area (Å²) >= 11 is 4.87. The molecule has 3 aromatic heterocycles. The first-order valence-corrected chi connectivity index (χ1v) is 29.6. The van der Waals surface area contributed by atoms with Crippen molar-refractivity contribution >= 4 is 144 Å². The van der Waals surface area contributed by atoms with Crippen LogP contribution in [0.2, 0.25) is 0 Å². The number of aromatic hydroxyl groups is 1. The Kier molecular flexibility index (Phi) is 17.8. The van der Waals surface area contributed by atoms with E-state index >= 15 is 0 Å². The summed E-state index contributed by atoms with van der Waals surface area (Å²) < 4.78 is 83.5. The second-order valence-electron chi connectivity index (χ2n) is 15.0. The van der Waals surface area contributed by atoms with E-state index in [0.29, 0.717) is 41.2 Å². The highest BCUT2D eigenvalue weighted by atomic mass is 35.7. The summed E-state index contributed by atoms with van der Waals surface area (Å²) in [6, 6.07) is 31.3. The van der Waals surface area contributed by atoms with Gasteiger partial charge in [-0.05, 0) is 60.7 Å². The molecule has 0 saturated heterocycles. The van der Waals surface area contributed by atoms with Crippen molar-refractivity contribution in [1.82, 2.24) is 15.0 Å². The topological polar surface area (TPSA) is 406 Å². The van der Waals surface area contributed by atoms with Crippen molar-refractivity contribution in [2.75, 3.05) is 5.75 Å². The number of benzene rings is 6. The number of carbonyl (C=O) groups is 1. The predicted octanol–water partition coefficient (Wildman–Crippen LogP) is 9.16. The van der Waals surface area contributed by atoms with Crippen LogP contribution in [0.4, 0.5) is 17.1 Å². The Hall–Kier alpha value is -8.80. The number of phenols is 1. The number of carboxylic acids is 1. The summed E-state index contributed by atoms with van der Waals surface area (Å²) in [5.74, 6) is -0.525. The molecular weight excluding hydrogens is 1200 g/mol. The molecule has 1 aliphatic heterocycles. The number of fused-ring (bicyclic) bond motifs is 3. The predicted molar refractivity (Wildman–Crippen MR) is 288 cm³/mol.